The zero-order chi connectivity index (χ0) is 10.0. The number of aromatic nitrogens is 1. The van der Waals surface area contributed by atoms with E-state index in [0.29, 0.717) is 5.75 Å². The fourth-order valence-corrected chi connectivity index (χ4v) is 1.20. The number of nitrogens with two attached hydrogens (primary N) is 1. The number of primary amides is 1. The first kappa shape index (κ1) is 9.98. The lowest BCUT2D eigenvalue weighted by molar-refractivity contribution is 0.210. The first-order chi connectivity index (χ1) is 6.02. The summed E-state index contributed by atoms with van der Waals surface area (Å²) in [5.74, 6) is 0.380. The minimum atomic E-state index is -0.833. The molecule has 1 rings (SSSR count). The van der Waals surface area contributed by atoms with Gasteiger partial charge in [0, 0.05) is 10.0 Å². The van der Waals surface area contributed by atoms with E-state index in [4.69, 9.17) is 10.5 Å². The quantitative estimate of drug-likeness (QED) is 0.821. The number of hydrogen-bond donors (Lipinski definition) is 1. The van der Waals surface area contributed by atoms with Crippen LogP contribution < -0.4 is 10.5 Å². The Morgan fingerprint density at radius 3 is 2.77 bits per heavy atom. The molecule has 13 heavy (non-hydrogen) atoms. The molecule has 5 heteroatoms. The molecule has 0 bridgehead atoms. The van der Waals surface area contributed by atoms with E-state index >= 15 is 0 Å². The van der Waals surface area contributed by atoms with E-state index in [-0.39, 0.29) is 0 Å². The van der Waals surface area contributed by atoms with Crippen LogP contribution in [0.15, 0.2) is 10.7 Å². The fourth-order valence-electron chi connectivity index (χ4n) is 0.900. The van der Waals surface area contributed by atoms with E-state index in [9.17, 15) is 4.79 Å². The number of hydrogen-bond acceptors (Lipinski definition) is 3. The molecule has 0 saturated carbocycles. The molecule has 0 spiro atoms. The molecule has 0 aliphatic rings. The summed E-state index contributed by atoms with van der Waals surface area (Å²) in [6, 6.07) is 0. The standard InChI is InChI=1S/C8H9BrN2O2/c1-4-6(13-8(10)12)3-11-5(2)7(4)9/h3H,1-2H3,(H2,10,12). The van der Waals surface area contributed by atoms with Crippen molar-refractivity contribution in [1.82, 2.24) is 4.98 Å². The lowest BCUT2D eigenvalue weighted by atomic mass is 10.2. The first-order valence-electron chi connectivity index (χ1n) is 3.61. The zero-order valence-corrected chi connectivity index (χ0v) is 8.88. The van der Waals surface area contributed by atoms with Gasteiger partial charge in [0.1, 0.15) is 0 Å². The van der Waals surface area contributed by atoms with Crippen LogP contribution >= 0.6 is 15.9 Å². The van der Waals surface area contributed by atoms with Crippen LogP contribution in [-0.4, -0.2) is 11.1 Å². The molecule has 1 heterocycles. The fraction of sp³-hybridized carbons (Fsp3) is 0.250. The minimum Gasteiger partial charge on any atom is -0.409 e. The number of rotatable bonds is 1. The van der Waals surface area contributed by atoms with E-state index in [2.05, 4.69) is 20.9 Å². The van der Waals surface area contributed by atoms with Crippen molar-refractivity contribution in [3.05, 3.63) is 21.9 Å². The monoisotopic (exact) mass is 244 g/mol. The number of ether oxygens (including phenoxy) is 1. The molecule has 0 saturated heterocycles. The average Bonchev–Trinajstić information content (AvgIpc) is 2.06. The highest BCUT2D eigenvalue weighted by molar-refractivity contribution is 9.10. The summed E-state index contributed by atoms with van der Waals surface area (Å²) in [5, 5.41) is 0. The highest BCUT2D eigenvalue weighted by Gasteiger charge is 2.08. The number of pyridine rings is 1. The van der Waals surface area contributed by atoms with E-state index in [1.807, 2.05) is 13.8 Å². The Morgan fingerprint density at radius 2 is 2.23 bits per heavy atom. The van der Waals surface area contributed by atoms with Crippen molar-refractivity contribution in [2.24, 2.45) is 5.73 Å². The molecule has 0 unspecified atom stereocenters. The van der Waals surface area contributed by atoms with Gasteiger partial charge in [-0.3, -0.25) is 4.98 Å². The Balaban J connectivity index is 3.10. The van der Waals surface area contributed by atoms with E-state index in [1.54, 1.807) is 0 Å². The predicted octanol–water partition coefficient (Wildman–Crippen LogP) is 1.92. The molecule has 0 aliphatic heterocycles. The summed E-state index contributed by atoms with van der Waals surface area (Å²) in [6.45, 7) is 3.67. The maximum Gasteiger partial charge on any atom is 0.410 e. The topological polar surface area (TPSA) is 65.2 Å². The van der Waals surface area contributed by atoms with Crippen molar-refractivity contribution >= 4 is 22.0 Å². The maximum atomic E-state index is 10.5. The molecule has 0 radical (unpaired) electrons. The second kappa shape index (κ2) is 3.74. The van der Waals surface area contributed by atoms with Crippen molar-refractivity contribution < 1.29 is 9.53 Å². The number of aryl methyl sites for hydroxylation is 1. The largest absolute Gasteiger partial charge is 0.410 e. The van der Waals surface area contributed by atoms with Crippen LogP contribution in [0.5, 0.6) is 5.75 Å². The Bertz CT molecular complexity index is 352. The van der Waals surface area contributed by atoms with E-state index < -0.39 is 6.09 Å². The molecule has 0 atom stereocenters. The van der Waals surface area contributed by atoms with Gasteiger partial charge in [-0.2, -0.15) is 0 Å². The van der Waals surface area contributed by atoms with Crippen molar-refractivity contribution in [3.63, 3.8) is 0 Å². The summed E-state index contributed by atoms with van der Waals surface area (Å²) < 4.78 is 5.55. The summed E-state index contributed by atoms with van der Waals surface area (Å²) in [5.41, 5.74) is 6.53. The molecular weight excluding hydrogens is 236 g/mol. The first-order valence-corrected chi connectivity index (χ1v) is 4.40. The maximum absolute atomic E-state index is 10.5. The third kappa shape index (κ3) is 2.18. The lowest BCUT2D eigenvalue weighted by Crippen LogP contribution is -2.17. The van der Waals surface area contributed by atoms with Gasteiger partial charge in [0.15, 0.2) is 5.75 Å². The van der Waals surface area contributed by atoms with Crippen molar-refractivity contribution in [3.8, 4) is 5.75 Å². The molecule has 70 valence electrons. The van der Waals surface area contributed by atoms with Crippen LogP contribution in [0.2, 0.25) is 0 Å². The molecule has 0 fully saturated rings. The third-order valence-corrected chi connectivity index (χ3v) is 2.77. The van der Waals surface area contributed by atoms with Crippen molar-refractivity contribution in [2.45, 2.75) is 13.8 Å². The molecule has 1 aromatic heterocycles. The zero-order valence-electron chi connectivity index (χ0n) is 7.30. The van der Waals surface area contributed by atoms with Crippen LogP contribution in [-0.2, 0) is 0 Å². The van der Waals surface area contributed by atoms with Gasteiger partial charge in [0.2, 0.25) is 0 Å². The summed E-state index contributed by atoms with van der Waals surface area (Å²) in [7, 11) is 0. The number of halogens is 1. The van der Waals surface area contributed by atoms with E-state index in [1.165, 1.54) is 6.20 Å². The Morgan fingerprint density at radius 1 is 1.62 bits per heavy atom. The molecule has 1 amide bonds. The van der Waals surface area contributed by atoms with Crippen molar-refractivity contribution in [1.29, 1.82) is 0 Å². The second-order valence-corrected chi connectivity index (χ2v) is 3.36. The summed E-state index contributed by atoms with van der Waals surface area (Å²) in [6.07, 6.45) is 0.640. The van der Waals surface area contributed by atoms with Gasteiger partial charge >= 0.3 is 6.09 Å². The molecule has 2 N–H and O–H groups in total. The SMILES string of the molecule is Cc1ncc(OC(N)=O)c(C)c1Br. The molecule has 0 aliphatic carbocycles. The second-order valence-electron chi connectivity index (χ2n) is 2.57. The van der Waals surface area contributed by atoms with Crippen molar-refractivity contribution in [2.75, 3.05) is 0 Å². The van der Waals surface area contributed by atoms with Crippen LogP contribution in [0.25, 0.3) is 0 Å². The van der Waals surface area contributed by atoms with E-state index in [0.717, 1.165) is 15.7 Å². The lowest BCUT2D eigenvalue weighted by Gasteiger charge is -2.07. The van der Waals surface area contributed by atoms with Crippen LogP contribution in [0.4, 0.5) is 4.79 Å². The number of amides is 1. The Kier molecular flexibility index (Phi) is 2.87. The average molecular weight is 245 g/mol. The molecule has 0 aromatic carbocycles. The number of nitrogens with zero attached hydrogens (tertiary/aromatic N) is 1. The third-order valence-electron chi connectivity index (χ3n) is 1.60. The van der Waals surface area contributed by atoms with Gasteiger partial charge in [-0.25, -0.2) is 4.79 Å². The molecule has 4 nitrogen and oxygen atoms in total. The Hall–Kier alpha value is -1.10. The van der Waals surface area contributed by atoms with Gasteiger partial charge in [0.05, 0.1) is 11.9 Å². The number of carbonyl (C=O) groups is 1. The van der Waals surface area contributed by atoms with Crippen LogP contribution in [0.1, 0.15) is 11.3 Å². The number of carbonyl (C=O) groups excluding carboxylic acids is 1. The van der Waals surface area contributed by atoms with Crippen LogP contribution in [0.3, 0.4) is 0 Å². The highest BCUT2D eigenvalue weighted by Crippen LogP contribution is 2.26. The Labute approximate surface area is 84.2 Å². The molecule has 1 aromatic rings. The normalized spacial score (nSPS) is 9.77. The highest BCUT2D eigenvalue weighted by atomic mass is 79.9. The smallest absolute Gasteiger partial charge is 0.409 e. The van der Waals surface area contributed by atoms with Gasteiger partial charge in [0.25, 0.3) is 0 Å². The minimum absolute atomic E-state index is 0.380. The van der Waals surface area contributed by atoms with Gasteiger partial charge in [-0.15, -0.1) is 0 Å². The summed E-state index contributed by atoms with van der Waals surface area (Å²) in [4.78, 5) is 14.5. The van der Waals surface area contributed by atoms with Crippen LogP contribution in [0, 0.1) is 13.8 Å². The predicted molar refractivity (Wildman–Crippen MR) is 51.6 cm³/mol. The summed E-state index contributed by atoms with van der Waals surface area (Å²) >= 11 is 3.33. The molecular formula is C8H9BrN2O2. The van der Waals surface area contributed by atoms with Gasteiger partial charge in [-0.1, -0.05) is 0 Å². The van der Waals surface area contributed by atoms with Gasteiger partial charge < -0.3 is 10.5 Å². The van der Waals surface area contributed by atoms with Gasteiger partial charge in [-0.05, 0) is 29.8 Å².